The van der Waals surface area contributed by atoms with Gasteiger partial charge in [0, 0.05) is 25.6 Å². The minimum atomic E-state index is -1.33. The van der Waals surface area contributed by atoms with E-state index in [0.29, 0.717) is 13.0 Å². The highest BCUT2D eigenvalue weighted by molar-refractivity contribution is 5.81. The van der Waals surface area contributed by atoms with E-state index in [1.807, 2.05) is 36.4 Å². The molecule has 33 heavy (non-hydrogen) atoms. The maximum atomic E-state index is 13.0. The second kappa shape index (κ2) is 9.83. The summed E-state index contributed by atoms with van der Waals surface area (Å²) in [5.74, 6) is -1.35. The van der Waals surface area contributed by atoms with Crippen LogP contribution in [0.1, 0.15) is 42.1 Å². The predicted octanol–water partition coefficient (Wildman–Crippen LogP) is 3.06. The molecule has 0 radical (unpaired) electrons. The van der Waals surface area contributed by atoms with E-state index in [1.54, 1.807) is 6.92 Å². The number of carboxylic acid groups (broad SMARTS) is 1. The molecule has 1 atom stereocenters. The van der Waals surface area contributed by atoms with Gasteiger partial charge in [-0.1, -0.05) is 53.7 Å². The number of aliphatic carboxylic acids is 1. The third-order valence-corrected chi connectivity index (χ3v) is 5.84. The highest BCUT2D eigenvalue weighted by Gasteiger charge is 2.35. The van der Waals surface area contributed by atoms with E-state index in [4.69, 9.17) is 9.84 Å². The predicted molar refractivity (Wildman–Crippen MR) is 120 cm³/mol. The third kappa shape index (κ3) is 4.45. The fourth-order valence-electron chi connectivity index (χ4n) is 4.29. The fraction of sp³-hybridized carbons (Fsp3) is 0.333. The number of aliphatic hydroxyl groups excluding tert-OH is 1. The first-order chi connectivity index (χ1) is 16.0. The van der Waals surface area contributed by atoms with Crippen molar-refractivity contribution in [2.75, 3.05) is 19.8 Å². The number of rotatable bonds is 9. The number of amides is 1. The van der Waals surface area contributed by atoms with Crippen LogP contribution < -0.4 is 0 Å². The van der Waals surface area contributed by atoms with Crippen molar-refractivity contribution in [3.05, 3.63) is 71.5 Å². The molecule has 9 nitrogen and oxygen atoms in total. The summed E-state index contributed by atoms with van der Waals surface area (Å²) in [6.07, 6.45) is 1.22. The van der Waals surface area contributed by atoms with Crippen LogP contribution in [0.5, 0.6) is 0 Å². The van der Waals surface area contributed by atoms with E-state index in [0.717, 1.165) is 27.2 Å². The molecule has 0 aliphatic heterocycles. The lowest BCUT2D eigenvalue weighted by Gasteiger charge is -2.26. The molecule has 0 fully saturated rings. The molecule has 0 bridgehead atoms. The van der Waals surface area contributed by atoms with Crippen LogP contribution in [0.3, 0.4) is 0 Å². The lowest BCUT2D eigenvalue weighted by molar-refractivity contribution is -0.143. The summed E-state index contributed by atoms with van der Waals surface area (Å²) in [7, 11) is 0. The van der Waals surface area contributed by atoms with Gasteiger partial charge in [-0.3, -0.25) is 9.58 Å². The average Bonchev–Trinajstić information content (AvgIpc) is 3.42. The zero-order chi connectivity index (χ0) is 23.4. The van der Waals surface area contributed by atoms with Gasteiger partial charge in [0.05, 0.1) is 6.20 Å². The van der Waals surface area contributed by atoms with E-state index in [-0.39, 0.29) is 31.4 Å². The van der Waals surface area contributed by atoms with Crippen molar-refractivity contribution in [3.8, 4) is 11.1 Å². The summed E-state index contributed by atoms with van der Waals surface area (Å²) in [6, 6.07) is 14.7. The highest BCUT2D eigenvalue weighted by atomic mass is 16.6. The van der Waals surface area contributed by atoms with E-state index in [9.17, 15) is 14.7 Å². The number of carbonyl (C=O) groups is 2. The van der Waals surface area contributed by atoms with Crippen LogP contribution in [0.25, 0.3) is 11.1 Å². The Hall–Kier alpha value is -3.72. The van der Waals surface area contributed by atoms with E-state index in [1.165, 1.54) is 10.9 Å². The second-order valence-electron chi connectivity index (χ2n) is 7.81. The number of likely N-dealkylation sites (N-methyl/N-ethyl adjacent to an activating group) is 1. The molecule has 3 aromatic rings. The minimum absolute atomic E-state index is 0.0155. The minimum Gasteiger partial charge on any atom is -0.479 e. The molecule has 1 heterocycles. The highest BCUT2D eigenvalue weighted by Crippen LogP contribution is 2.44. The van der Waals surface area contributed by atoms with Gasteiger partial charge < -0.3 is 14.9 Å². The van der Waals surface area contributed by atoms with Gasteiger partial charge in [-0.05, 0) is 35.6 Å². The van der Waals surface area contributed by atoms with Crippen LogP contribution in [0.4, 0.5) is 4.79 Å². The normalized spacial score (nSPS) is 13.3. The monoisotopic (exact) mass is 450 g/mol. The van der Waals surface area contributed by atoms with Crippen molar-refractivity contribution >= 4 is 12.1 Å². The van der Waals surface area contributed by atoms with Gasteiger partial charge in [-0.15, -0.1) is 5.10 Å². The largest absolute Gasteiger partial charge is 0.479 e. The van der Waals surface area contributed by atoms with Crippen LogP contribution >= 0.6 is 0 Å². The standard InChI is InChI=1S/C24H26N4O5/c1-2-28(22(23(30)31)21-14-27(26-25-21)12-7-13-29)24(32)33-15-20-18-10-5-3-8-16(18)17-9-4-6-11-19(17)20/h3-6,8-11,14,20,22,29H,2,7,12-13,15H2,1H3,(H,30,31). The van der Waals surface area contributed by atoms with Crippen molar-refractivity contribution < 1.29 is 24.5 Å². The van der Waals surface area contributed by atoms with Crippen LogP contribution in [-0.2, 0) is 16.1 Å². The number of ether oxygens (including phenoxy) is 1. The molecule has 0 saturated carbocycles. The molecule has 0 saturated heterocycles. The number of aryl methyl sites for hydroxylation is 1. The Bertz CT molecular complexity index is 1100. The average molecular weight is 450 g/mol. The van der Waals surface area contributed by atoms with Crippen molar-refractivity contribution in [2.24, 2.45) is 0 Å². The van der Waals surface area contributed by atoms with Gasteiger partial charge in [-0.25, -0.2) is 9.59 Å². The number of fused-ring (bicyclic) bond motifs is 3. The molecule has 4 rings (SSSR count). The van der Waals surface area contributed by atoms with E-state index in [2.05, 4.69) is 22.4 Å². The summed E-state index contributed by atoms with van der Waals surface area (Å²) in [6.45, 7) is 2.29. The molecule has 2 aromatic carbocycles. The van der Waals surface area contributed by atoms with Crippen LogP contribution in [0.2, 0.25) is 0 Å². The smallest absolute Gasteiger partial charge is 0.410 e. The summed E-state index contributed by atoms with van der Waals surface area (Å²) in [4.78, 5) is 26.2. The van der Waals surface area contributed by atoms with E-state index >= 15 is 0 Å². The van der Waals surface area contributed by atoms with Crippen LogP contribution in [0.15, 0.2) is 54.7 Å². The molecule has 172 valence electrons. The molecule has 1 aliphatic carbocycles. The number of nitrogens with zero attached hydrogens (tertiary/aromatic N) is 4. The first kappa shape index (κ1) is 22.5. The topological polar surface area (TPSA) is 118 Å². The van der Waals surface area contributed by atoms with Crippen LogP contribution in [-0.4, -0.2) is 61.9 Å². The van der Waals surface area contributed by atoms with Crippen molar-refractivity contribution in [2.45, 2.75) is 31.8 Å². The Labute approximate surface area is 191 Å². The van der Waals surface area contributed by atoms with Gasteiger partial charge in [0.15, 0.2) is 6.04 Å². The lowest BCUT2D eigenvalue weighted by atomic mass is 9.98. The van der Waals surface area contributed by atoms with Gasteiger partial charge >= 0.3 is 12.1 Å². The number of benzene rings is 2. The fourth-order valence-corrected chi connectivity index (χ4v) is 4.29. The van der Waals surface area contributed by atoms with Gasteiger partial charge in [0.1, 0.15) is 12.3 Å². The Kier molecular flexibility index (Phi) is 6.69. The first-order valence-electron chi connectivity index (χ1n) is 10.9. The summed E-state index contributed by atoms with van der Waals surface area (Å²) in [5, 5.41) is 26.7. The number of hydrogen-bond donors (Lipinski definition) is 2. The van der Waals surface area contributed by atoms with Crippen molar-refractivity contribution in [3.63, 3.8) is 0 Å². The Morgan fingerprint density at radius 3 is 2.33 bits per heavy atom. The Morgan fingerprint density at radius 1 is 1.12 bits per heavy atom. The molecule has 1 amide bonds. The van der Waals surface area contributed by atoms with Crippen molar-refractivity contribution in [1.29, 1.82) is 0 Å². The number of carboxylic acids is 1. The molecule has 9 heteroatoms. The molecule has 1 unspecified atom stereocenters. The SMILES string of the molecule is CCN(C(=O)OCC1c2ccccc2-c2ccccc21)C(C(=O)O)c1cn(CCCO)nn1. The lowest BCUT2D eigenvalue weighted by Crippen LogP contribution is -2.40. The maximum Gasteiger partial charge on any atom is 0.410 e. The Balaban J connectivity index is 1.52. The maximum absolute atomic E-state index is 13.0. The Morgan fingerprint density at radius 2 is 1.76 bits per heavy atom. The van der Waals surface area contributed by atoms with Gasteiger partial charge in [-0.2, -0.15) is 0 Å². The van der Waals surface area contributed by atoms with Gasteiger partial charge in [0.2, 0.25) is 0 Å². The number of hydrogen-bond acceptors (Lipinski definition) is 6. The molecular weight excluding hydrogens is 424 g/mol. The molecule has 1 aliphatic rings. The molecular formula is C24H26N4O5. The molecule has 2 N–H and O–H groups in total. The summed E-state index contributed by atoms with van der Waals surface area (Å²) >= 11 is 0. The van der Waals surface area contributed by atoms with Gasteiger partial charge in [0.25, 0.3) is 0 Å². The number of aliphatic hydroxyl groups is 1. The summed E-state index contributed by atoms with van der Waals surface area (Å²) < 4.78 is 7.10. The number of carbonyl (C=O) groups excluding carboxylic acids is 1. The van der Waals surface area contributed by atoms with Crippen LogP contribution in [0, 0.1) is 0 Å². The zero-order valence-electron chi connectivity index (χ0n) is 18.3. The second-order valence-corrected chi connectivity index (χ2v) is 7.81. The summed E-state index contributed by atoms with van der Waals surface area (Å²) in [5.41, 5.74) is 4.52. The number of aromatic nitrogens is 3. The third-order valence-electron chi connectivity index (χ3n) is 5.84. The first-order valence-corrected chi connectivity index (χ1v) is 10.9. The van der Waals surface area contributed by atoms with Crippen molar-refractivity contribution in [1.82, 2.24) is 19.9 Å². The molecule has 1 aromatic heterocycles. The molecule has 0 spiro atoms. The van der Waals surface area contributed by atoms with E-state index < -0.39 is 18.1 Å². The quantitative estimate of drug-likeness (QED) is 0.514. The zero-order valence-corrected chi connectivity index (χ0v) is 18.3.